The summed E-state index contributed by atoms with van der Waals surface area (Å²) in [5, 5.41) is 4.69. The molecule has 0 amide bonds. The highest BCUT2D eigenvalue weighted by molar-refractivity contribution is 7.73. The first kappa shape index (κ1) is 18.7. The summed E-state index contributed by atoms with van der Waals surface area (Å²) in [4.78, 5) is 9.61. The minimum atomic E-state index is 0.582. The highest BCUT2D eigenvalue weighted by Crippen LogP contribution is 2.33. The van der Waals surface area contributed by atoms with Gasteiger partial charge in [0.15, 0.2) is 32.6 Å². The van der Waals surface area contributed by atoms with Gasteiger partial charge in [0.25, 0.3) is 0 Å². The van der Waals surface area contributed by atoms with E-state index in [1.165, 1.54) is 11.3 Å². The van der Waals surface area contributed by atoms with Gasteiger partial charge in [-0.15, -0.1) is 5.10 Å². The fourth-order valence-corrected chi connectivity index (χ4v) is 4.75. The zero-order valence-electron chi connectivity index (χ0n) is 16.5. The van der Waals surface area contributed by atoms with Gasteiger partial charge in [-0.2, -0.15) is 4.52 Å². The van der Waals surface area contributed by atoms with E-state index < -0.39 is 0 Å². The lowest BCUT2D eigenvalue weighted by Crippen LogP contribution is -2.01. The van der Waals surface area contributed by atoms with Gasteiger partial charge in [0.1, 0.15) is 10.5 Å². The number of methoxy groups -OCH3 is 2. The number of ether oxygens (including phenoxy) is 2. The number of nitrogens with zero attached hydrogens (tertiary/aromatic N) is 5. The number of aromatic nitrogens is 5. The Hall–Kier alpha value is -3.30. The van der Waals surface area contributed by atoms with Crippen LogP contribution >= 0.6 is 23.6 Å². The smallest absolute Gasteiger partial charge is 0.182 e. The van der Waals surface area contributed by atoms with Gasteiger partial charge in [0, 0.05) is 11.3 Å². The molecule has 0 N–H and O–H groups in total. The maximum absolute atomic E-state index is 5.66. The SMILES string of the molecule is COc1ccc(-c2nc3c4sc(=S)n(-c5ccccc5)c4nc(C)n3n2)cc1OC. The second-order valence-corrected chi connectivity index (χ2v) is 8.24. The summed E-state index contributed by atoms with van der Waals surface area (Å²) >= 11 is 7.14. The fraction of sp³-hybridized carbons (Fsp3) is 0.143. The van der Waals surface area contributed by atoms with Crippen molar-refractivity contribution < 1.29 is 9.47 Å². The van der Waals surface area contributed by atoms with Crippen LogP contribution in [0.2, 0.25) is 0 Å². The van der Waals surface area contributed by atoms with Crippen molar-refractivity contribution >= 4 is 39.5 Å². The van der Waals surface area contributed by atoms with E-state index in [4.69, 9.17) is 31.7 Å². The first-order valence-corrected chi connectivity index (χ1v) is 10.4. The van der Waals surface area contributed by atoms with E-state index in [9.17, 15) is 0 Å². The number of aryl methyl sites for hydroxylation is 1. The van der Waals surface area contributed by atoms with Crippen LogP contribution in [0.3, 0.4) is 0 Å². The number of hydrogen-bond donors (Lipinski definition) is 0. The molecular weight excluding hydrogens is 418 g/mol. The third kappa shape index (κ3) is 2.86. The summed E-state index contributed by atoms with van der Waals surface area (Å²) in [6, 6.07) is 15.6. The van der Waals surface area contributed by atoms with Gasteiger partial charge in [-0.3, -0.25) is 4.57 Å². The van der Waals surface area contributed by atoms with E-state index in [0.29, 0.717) is 21.3 Å². The first-order chi connectivity index (χ1) is 14.6. The Morgan fingerprint density at radius 2 is 1.70 bits per heavy atom. The number of fused-ring (bicyclic) bond motifs is 3. The second kappa shape index (κ2) is 7.19. The second-order valence-electron chi connectivity index (χ2n) is 6.59. The van der Waals surface area contributed by atoms with Crippen LogP contribution in [0.5, 0.6) is 11.5 Å². The maximum Gasteiger partial charge on any atom is 0.182 e. The predicted molar refractivity (Wildman–Crippen MR) is 120 cm³/mol. The van der Waals surface area contributed by atoms with Crippen LogP contribution in [0.4, 0.5) is 0 Å². The van der Waals surface area contributed by atoms with Gasteiger partial charge in [-0.05, 0) is 49.5 Å². The zero-order chi connectivity index (χ0) is 20.8. The molecule has 0 aliphatic carbocycles. The third-order valence-electron chi connectivity index (χ3n) is 4.83. The average molecular weight is 436 g/mol. The van der Waals surface area contributed by atoms with Crippen molar-refractivity contribution in [2.24, 2.45) is 0 Å². The number of benzene rings is 2. The van der Waals surface area contributed by atoms with Gasteiger partial charge >= 0.3 is 0 Å². The van der Waals surface area contributed by atoms with Crippen LogP contribution in [-0.4, -0.2) is 38.4 Å². The topological polar surface area (TPSA) is 66.5 Å². The van der Waals surface area contributed by atoms with Crippen LogP contribution in [0.1, 0.15) is 5.82 Å². The van der Waals surface area contributed by atoms with E-state index in [1.54, 1.807) is 18.7 Å². The molecule has 0 spiro atoms. The summed E-state index contributed by atoms with van der Waals surface area (Å²) in [5.74, 6) is 2.59. The number of rotatable bonds is 4. The van der Waals surface area contributed by atoms with Gasteiger partial charge in [-0.1, -0.05) is 29.5 Å². The normalized spacial score (nSPS) is 11.3. The molecule has 0 bridgehead atoms. The van der Waals surface area contributed by atoms with Gasteiger partial charge < -0.3 is 9.47 Å². The van der Waals surface area contributed by atoms with E-state index in [2.05, 4.69) is 5.10 Å². The van der Waals surface area contributed by atoms with Crippen molar-refractivity contribution in [2.75, 3.05) is 14.2 Å². The van der Waals surface area contributed by atoms with E-state index in [-0.39, 0.29) is 0 Å². The Kier molecular flexibility index (Phi) is 4.48. The maximum atomic E-state index is 5.66. The molecule has 150 valence electrons. The molecule has 0 atom stereocenters. The largest absolute Gasteiger partial charge is 0.493 e. The summed E-state index contributed by atoms with van der Waals surface area (Å²) in [6.07, 6.45) is 0. The Morgan fingerprint density at radius 1 is 0.933 bits per heavy atom. The first-order valence-electron chi connectivity index (χ1n) is 9.17. The van der Waals surface area contributed by atoms with Crippen molar-refractivity contribution in [1.29, 1.82) is 0 Å². The lowest BCUT2D eigenvalue weighted by atomic mass is 10.2. The Bertz CT molecular complexity index is 1450. The van der Waals surface area contributed by atoms with E-state index in [0.717, 1.165) is 33.1 Å². The van der Waals surface area contributed by atoms with Gasteiger partial charge in [0.05, 0.1) is 14.2 Å². The highest BCUT2D eigenvalue weighted by Gasteiger charge is 2.18. The standard InChI is InChI=1S/C21H17N5O2S2/c1-12-22-19-17(30-21(29)25(19)14-7-5-4-6-8-14)20-23-18(24-26(12)20)13-9-10-15(27-2)16(11-13)28-3/h4-11H,1-3H3. The van der Waals surface area contributed by atoms with Crippen LogP contribution < -0.4 is 9.47 Å². The fourth-order valence-electron chi connectivity index (χ4n) is 3.40. The molecule has 0 fully saturated rings. The summed E-state index contributed by atoms with van der Waals surface area (Å²) in [5.41, 5.74) is 3.32. The molecule has 0 saturated carbocycles. The molecule has 0 saturated heterocycles. The third-order valence-corrected chi connectivity index (χ3v) is 6.19. The summed E-state index contributed by atoms with van der Waals surface area (Å²) in [7, 11) is 3.22. The molecular formula is C21H17N5O2S2. The molecule has 0 radical (unpaired) electrons. The molecule has 0 unspecified atom stereocenters. The molecule has 30 heavy (non-hydrogen) atoms. The van der Waals surface area contributed by atoms with E-state index in [1.807, 2.05) is 60.0 Å². The Balaban J connectivity index is 1.75. The van der Waals surface area contributed by atoms with Crippen molar-refractivity contribution in [3.8, 4) is 28.6 Å². The summed E-state index contributed by atoms with van der Waals surface area (Å²) in [6.45, 7) is 1.91. The highest BCUT2D eigenvalue weighted by atomic mass is 32.1. The molecule has 7 nitrogen and oxygen atoms in total. The van der Waals surface area contributed by atoms with Gasteiger partial charge in [-0.25, -0.2) is 9.97 Å². The molecule has 0 aliphatic heterocycles. The lowest BCUT2D eigenvalue weighted by Gasteiger charge is -2.07. The summed E-state index contributed by atoms with van der Waals surface area (Å²) < 4.78 is 16.1. The minimum absolute atomic E-state index is 0.582. The number of hydrogen-bond acceptors (Lipinski definition) is 7. The quantitative estimate of drug-likeness (QED) is 0.376. The lowest BCUT2D eigenvalue weighted by molar-refractivity contribution is 0.355. The Labute approximate surface area is 181 Å². The number of para-hydroxylation sites is 1. The van der Waals surface area contributed by atoms with Crippen molar-refractivity contribution in [1.82, 2.24) is 24.1 Å². The van der Waals surface area contributed by atoms with Crippen LogP contribution in [0.15, 0.2) is 48.5 Å². The molecule has 9 heteroatoms. The molecule has 3 aromatic heterocycles. The van der Waals surface area contributed by atoms with Crippen molar-refractivity contribution in [3.05, 3.63) is 58.3 Å². The van der Waals surface area contributed by atoms with Crippen molar-refractivity contribution in [3.63, 3.8) is 0 Å². The van der Waals surface area contributed by atoms with Gasteiger partial charge in [0.2, 0.25) is 0 Å². The Morgan fingerprint density at radius 3 is 2.43 bits per heavy atom. The monoisotopic (exact) mass is 435 g/mol. The molecule has 5 rings (SSSR count). The van der Waals surface area contributed by atoms with E-state index >= 15 is 0 Å². The zero-order valence-corrected chi connectivity index (χ0v) is 18.1. The molecule has 5 aromatic rings. The number of thiazole rings is 1. The molecule has 3 heterocycles. The predicted octanol–water partition coefficient (Wildman–Crippen LogP) is 4.85. The molecule has 0 aliphatic rings. The van der Waals surface area contributed by atoms with Crippen LogP contribution in [0, 0.1) is 10.9 Å². The minimum Gasteiger partial charge on any atom is -0.493 e. The average Bonchev–Trinajstić information content (AvgIpc) is 3.35. The van der Waals surface area contributed by atoms with Crippen LogP contribution in [-0.2, 0) is 0 Å². The van der Waals surface area contributed by atoms with Crippen molar-refractivity contribution in [2.45, 2.75) is 6.92 Å². The van der Waals surface area contributed by atoms with Crippen LogP contribution in [0.25, 0.3) is 33.1 Å². The molecule has 2 aromatic carbocycles.